The zero-order chi connectivity index (χ0) is 20.1. The van der Waals surface area contributed by atoms with Crippen LogP contribution in [-0.2, 0) is 11.2 Å². The largest absolute Gasteiger partial charge is 0.497 e. The van der Waals surface area contributed by atoms with Crippen LogP contribution in [0.1, 0.15) is 11.3 Å². The van der Waals surface area contributed by atoms with E-state index in [-0.39, 0.29) is 5.91 Å². The van der Waals surface area contributed by atoms with Crippen molar-refractivity contribution in [3.63, 3.8) is 0 Å². The predicted molar refractivity (Wildman–Crippen MR) is 115 cm³/mol. The number of carbonyl (C=O) groups is 1. The van der Waals surface area contributed by atoms with Gasteiger partial charge in [0.2, 0.25) is 10.9 Å². The number of carbonyl (C=O) groups excluding carboxylic acids is 1. The Balaban J connectivity index is 1.37. The average Bonchev–Trinajstić information content (AvgIpc) is 3.35. The number of amides is 1. The van der Waals surface area contributed by atoms with Gasteiger partial charge in [-0.2, -0.15) is 4.98 Å². The molecule has 0 fully saturated rings. The van der Waals surface area contributed by atoms with E-state index in [1.165, 1.54) is 0 Å². The number of fused-ring (bicyclic) bond motifs is 1. The Kier molecular flexibility index (Phi) is 5.67. The van der Waals surface area contributed by atoms with Gasteiger partial charge in [-0.15, -0.1) is 16.4 Å². The Morgan fingerprint density at radius 2 is 1.97 bits per heavy atom. The van der Waals surface area contributed by atoms with Gasteiger partial charge in [-0.3, -0.25) is 4.79 Å². The minimum Gasteiger partial charge on any atom is -0.497 e. The lowest BCUT2D eigenvalue weighted by molar-refractivity contribution is -0.116. The molecule has 0 atom stereocenters. The molecule has 4 aromatic rings. The van der Waals surface area contributed by atoms with Crippen LogP contribution in [0.2, 0.25) is 0 Å². The number of aromatic nitrogens is 3. The van der Waals surface area contributed by atoms with Crippen LogP contribution in [0.25, 0.3) is 22.4 Å². The molecule has 1 N–H and O–H groups in total. The van der Waals surface area contributed by atoms with Crippen molar-refractivity contribution in [2.24, 2.45) is 0 Å². The summed E-state index contributed by atoms with van der Waals surface area (Å²) in [4.78, 5) is 17.4. The molecule has 0 aliphatic rings. The third-order valence-corrected chi connectivity index (χ3v) is 5.27. The molecule has 0 aliphatic carbocycles. The van der Waals surface area contributed by atoms with E-state index in [2.05, 4.69) is 15.4 Å². The summed E-state index contributed by atoms with van der Waals surface area (Å²) in [5.74, 6) is 1.36. The summed E-state index contributed by atoms with van der Waals surface area (Å²) in [5, 5.41) is 9.56. The average molecular weight is 404 g/mol. The molecule has 4 rings (SSSR count). The highest BCUT2D eigenvalue weighted by atomic mass is 32.1. The van der Waals surface area contributed by atoms with E-state index in [0.717, 1.165) is 27.5 Å². The fourth-order valence-corrected chi connectivity index (χ4v) is 3.72. The number of benzene rings is 2. The molecule has 2 aromatic carbocycles. The van der Waals surface area contributed by atoms with Gasteiger partial charge in [0.1, 0.15) is 5.75 Å². The Morgan fingerprint density at radius 3 is 2.72 bits per heavy atom. The monoisotopic (exact) mass is 404 g/mol. The van der Waals surface area contributed by atoms with Crippen LogP contribution in [0.15, 0.2) is 66.1 Å². The normalized spacial score (nSPS) is 11.2. The van der Waals surface area contributed by atoms with Gasteiger partial charge in [-0.1, -0.05) is 30.3 Å². The van der Waals surface area contributed by atoms with Crippen molar-refractivity contribution in [2.45, 2.75) is 6.42 Å². The van der Waals surface area contributed by atoms with Gasteiger partial charge in [0.15, 0.2) is 5.82 Å². The van der Waals surface area contributed by atoms with Crippen LogP contribution in [0.4, 0.5) is 0 Å². The van der Waals surface area contributed by atoms with Crippen molar-refractivity contribution in [1.82, 2.24) is 19.9 Å². The van der Waals surface area contributed by atoms with Gasteiger partial charge >= 0.3 is 0 Å². The predicted octanol–water partition coefficient (Wildman–Crippen LogP) is 3.84. The van der Waals surface area contributed by atoms with Crippen molar-refractivity contribution in [2.75, 3.05) is 13.7 Å². The molecule has 0 radical (unpaired) electrons. The summed E-state index contributed by atoms with van der Waals surface area (Å²) in [6.07, 6.45) is 4.03. The van der Waals surface area contributed by atoms with E-state index >= 15 is 0 Å². The SMILES string of the molecule is COc1ccc(-c2nc3scc(CCNC(=O)/C=C/c4ccccc4)n3n2)cc1. The van der Waals surface area contributed by atoms with Crippen LogP contribution in [-0.4, -0.2) is 34.2 Å². The number of nitrogens with zero attached hydrogens (tertiary/aromatic N) is 3. The Morgan fingerprint density at radius 1 is 1.17 bits per heavy atom. The second kappa shape index (κ2) is 8.70. The maximum atomic E-state index is 12.0. The van der Waals surface area contributed by atoms with Crippen molar-refractivity contribution in [1.29, 1.82) is 0 Å². The van der Waals surface area contributed by atoms with Crippen LogP contribution >= 0.6 is 11.3 Å². The molecule has 146 valence electrons. The van der Waals surface area contributed by atoms with E-state index in [9.17, 15) is 4.79 Å². The maximum absolute atomic E-state index is 12.0. The number of rotatable bonds is 7. The first-order chi connectivity index (χ1) is 14.2. The second-order valence-corrected chi connectivity index (χ2v) is 7.21. The number of thiazole rings is 1. The molecule has 29 heavy (non-hydrogen) atoms. The minimum atomic E-state index is -0.113. The number of ether oxygens (including phenoxy) is 1. The molecule has 0 aliphatic heterocycles. The molecular weight excluding hydrogens is 384 g/mol. The Labute approximate surface area is 172 Å². The summed E-state index contributed by atoms with van der Waals surface area (Å²) in [7, 11) is 1.64. The zero-order valence-corrected chi connectivity index (χ0v) is 16.7. The highest BCUT2D eigenvalue weighted by molar-refractivity contribution is 7.15. The van der Waals surface area contributed by atoms with Gasteiger partial charge < -0.3 is 10.1 Å². The highest BCUT2D eigenvalue weighted by Gasteiger charge is 2.11. The number of hydrogen-bond acceptors (Lipinski definition) is 5. The molecule has 0 saturated heterocycles. The summed E-state index contributed by atoms with van der Waals surface area (Å²) < 4.78 is 7.03. The zero-order valence-electron chi connectivity index (χ0n) is 15.9. The Hall–Kier alpha value is -3.45. The summed E-state index contributed by atoms with van der Waals surface area (Å²) in [6, 6.07) is 17.4. The molecule has 2 aromatic heterocycles. The first kappa shape index (κ1) is 18.9. The topological polar surface area (TPSA) is 68.5 Å². The molecule has 0 bridgehead atoms. The molecule has 0 spiro atoms. The third kappa shape index (κ3) is 4.52. The first-order valence-electron chi connectivity index (χ1n) is 9.21. The molecular formula is C22H20N4O2S. The van der Waals surface area contributed by atoms with Gasteiger partial charge in [0.05, 0.1) is 12.8 Å². The van der Waals surface area contributed by atoms with Crippen LogP contribution < -0.4 is 10.1 Å². The molecule has 2 heterocycles. The van der Waals surface area contributed by atoms with Crippen molar-refractivity contribution in [3.05, 3.63) is 77.3 Å². The van der Waals surface area contributed by atoms with Crippen molar-refractivity contribution < 1.29 is 9.53 Å². The molecule has 1 amide bonds. The highest BCUT2D eigenvalue weighted by Crippen LogP contribution is 2.23. The lowest BCUT2D eigenvalue weighted by atomic mass is 10.2. The van der Waals surface area contributed by atoms with Crippen molar-refractivity contribution >= 4 is 28.3 Å². The van der Waals surface area contributed by atoms with E-state index in [4.69, 9.17) is 4.74 Å². The van der Waals surface area contributed by atoms with Gasteiger partial charge in [-0.25, -0.2) is 4.52 Å². The third-order valence-electron chi connectivity index (χ3n) is 4.41. The summed E-state index contributed by atoms with van der Waals surface area (Å²) in [5.41, 5.74) is 2.95. The first-order valence-corrected chi connectivity index (χ1v) is 10.1. The Bertz CT molecular complexity index is 1130. The van der Waals surface area contributed by atoms with Crippen LogP contribution in [0.5, 0.6) is 5.75 Å². The second-order valence-electron chi connectivity index (χ2n) is 6.37. The quantitative estimate of drug-likeness (QED) is 0.475. The summed E-state index contributed by atoms with van der Waals surface area (Å²) >= 11 is 1.54. The van der Waals surface area contributed by atoms with E-state index in [0.29, 0.717) is 18.8 Å². The number of methoxy groups -OCH3 is 1. The summed E-state index contributed by atoms with van der Waals surface area (Å²) in [6.45, 7) is 0.529. The minimum absolute atomic E-state index is 0.113. The molecule has 7 heteroatoms. The maximum Gasteiger partial charge on any atom is 0.244 e. The fraction of sp³-hybridized carbons (Fsp3) is 0.136. The molecule has 0 unspecified atom stereocenters. The van der Waals surface area contributed by atoms with Gasteiger partial charge in [0, 0.05) is 30.0 Å². The van der Waals surface area contributed by atoms with E-state index < -0.39 is 0 Å². The van der Waals surface area contributed by atoms with Crippen molar-refractivity contribution in [3.8, 4) is 17.1 Å². The van der Waals surface area contributed by atoms with Gasteiger partial charge in [-0.05, 0) is 35.9 Å². The lowest BCUT2D eigenvalue weighted by Crippen LogP contribution is -2.23. The molecule has 6 nitrogen and oxygen atoms in total. The fourth-order valence-electron chi connectivity index (χ4n) is 2.87. The van der Waals surface area contributed by atoms with E-state index in [1.54, 1.807) is 30.6 Å². The van der Waals surface area contributed by atoms with Gasteiger partial charge in [0.25, 0.3) is 0 Å². The van der Waals surface area contributed by atoms with E-state index in [1.807, 2.05) is 64.5 Å². The standard InChI is InChI=1S/C22H20N4O2S/c1-28-19-10-8-17(9-11-19)21-24-22-26(25-21)18(15-29-22)13-14-23-20(27)12-7-16-5-3-2-4-6-16/h2-12,15H,13-14H2,1H3,(H,23,27)/b12-7+. The smallest absolute Gasteiger partial charge is 0.244 e. The van der Waals surface area contributed by atoms with Crippen LogP contribution in [0, 0.1) is 0 Å². The molecule has 0 saturated carbocycles. The number of nitrogens with one attached hydrogen (secondary N) is 1. The lowest BCUT2D eigenvalue weighted by Gasteiger charge is -2.01. The number of hydrogen-bond donors (Lipinski definition) is 1. The van der Waals surface area contributed by atoms with Crippen LogP contribution in [0.3, 0.4) is 0 Å².